The van der Waals surface area contributed by atoms with Crippen LogP contribution in [0.1, 0.15) is 51.2 Å². The van der Waals surface area contributed by atoms with Crippen molar-refractivity contribution >= 4 is 5.69 Å². The van der Waals surface area contributed by atoms with Crippen LogP contribution in [0.3, 0.4) is 0 Å². The number of nitrogens with zero attached hydrogens (tertiary/aromatic N) is 1. The summed E-state index contributed by atoms with van der Waals surface area (Å²) in [5.41, 5.74) is 1.68. The summed E-state index contributed by atoms with van der Waals surface area (Å²) in [7, 11) is 0. The Labute approximate surface area is 108 Å². The van der Waals surface area contributed by atoms with Crippen LogP contribution >= 0.6 is 0 Å². The van der Waals surface area contributed by atoms with Crippen molar-refractivity contribution in [2.75, 3.05) is 11.4 Å². The summed E-state index contributed by atoms with van der Waals surface area (Å²) in [4.78, 5) is 2.31. The van der Waals surface area contributed by atoms with Gasteiger partial charge in [0, 0.05) is 23.8 Å². The molecule has 1 heterocycles. The van der Waals surface area contributed by atoms with E-state index < -0.39 is 6.10 Å². The van der Waals surface area contributed by atoms with E-state index >= 15 is 0 Å². The first-order valence-electron chi connectivity index (χ1n) is 6.83. The lowest BCUT2D eigenvalue weighted by molar-refractivity contribution is 0.199. The van der Waals surface area contributed by atoms with Crippen molar-refractivity contribution in [1.29, 1.82) is 0 Å². The van der Waals surface area contributed by atoms with Crippen molar-refractivity contribution in [2.24, 2.45) is 0 Å². The van der Waals surface area contributed by atoms with Gasteiger partial charge >= 0.3 is 0 Å². The highest BCUT2D eigenvalue weighted by Gasteiger charge is 2.21. The highest BCUT2D eigenvalue weighted by Crippen LogP contribution is 2.31. The van der Waals surface area contributed by atoms with E-state index in [2.05, 4.69) is 11.8 Å². The molecule has 0 bridgehead atoms. The lowest BCUT2D eigenvalue weighted by Gasteiger charge is -2.32. The molecule has 18 heavy (non-hydrogen) atoms. The third-order valence-corrected chi connectivity index (χ3v) is 3.80. The van der Waals surface area contributed by atoms with Crippen molar-refractivity contribution in [3.63, 3.8) is 0 Å². The van der Waals surface area contributed by atoms with E-state index in [-0.39, 0.29) is 5.82 Å². The molecule has 0 amide bonds. The molecule has 0 aromatic heterocycles. The second-order valence-electron chi connectivity index (χ2n) is 5.27. The minimum Gasteiger partial charge on any atom is -0.389 e. The van der Waals surface area contributed by atoms with Gasteiger partial charge in [-0.1, -0.05) is 12.8 Å². The van der Waals surface area contributed by atoms with Gasteiger partial charge in [-0.25, -0.2) is 4.39 Å². The third-order valence-electron chi connectivity index (χ3n) is 3.80. The van der Waals surface area contributed by atoms with Gasteiger partial charge in [-0.05, 0) is 44.9 Å². The first-order valence-corrected chi connectivity index (χ1v) is 6.83. The molecule has 1 saturated heterocycles. The Kier molecular flexibility index (Phi) is 4.23. The van der Waals surface area contributed by atoms with E-state index in [4.69, 9.17) is 0 Å². The smallest absolute Gasteiger partial charge is 0.123 e. The van der Waals surface area contributed by atoms with Crippen LogP contribution in [0.2, 0.25) is 0 Å². The summed E-state index contributed by atoms with van der Waals surface area (Å²) in [5.74, 6) is -0.280. The highest BCUT2D eigenvalue weighted by atomic mass is 19.1. The molecule has 2 atom stereocenters. The van der Waals surface area contributed by atoms with E-state index in [1.807, 2.05) is 0 Å². The number of aliphatic hydroxyl groups is 1. The number of aliphatic hydroxyl groups excluding tert-OH is 1. The van der Waals surface area contributed by atoms with Gasteiger partial charge in [0.15, 0.2) is 0 Å². The standard InChI is InChI=1S/C15H22FNO/c1-11-6-4-3-5-9-17(11)15-8-7-13(16)10-14(15)12(2)18/h7-8,10-12,18H,3-6,9H2,1-2H3/t11?,12-/m0/s1. The van der Waals surface area contributed by atoms with Gasteiger partial charge in [-0.3, -0.25) is 0 Å². The average Bonchev–Trinajstić information content (AvgIpc) is 2.54. The van der Waals surface area contributed by atoms with Crippen LogP contribution < -0.4 is 4.90 Å². The molecular weight excluding hydrogens is 229 g/mol. The number of halogens is 1. The molecule has 3 heteroatoms. The normalized spacial score (nSPS) is 22.7. The number of benzene rings is 1. The summed E-state index contributed by atoms with van der Waals surface area (Å²) in [6.07, 6.45) is 4.21. The molecule has 1 aromatic rings. The van der Waals surface area contributed by atoms with Crippen LogP contribution in [0.4, 0.5) is 10.1 Å². The largest absolute Gasteiger partial charge is 0.389 e. The van der Waals surface area contributed by atoms with Crippen molar-refractivity contribution in [1.82, 2.24) is 0 Å². The van der Waals surface area contributed by atoms with Gasteiger partial charge in [0.1, 0.15) is 5.82 Å². The Morgan fingerprint density at radius 2 is 2.11 bits per heavy atom. The summed E-state index contributed by atoms with van der Waals surface area (Å²) >= 11 is 0. The van der Waals surface area contributed by atoms with Gasteiger partial charge in [0.25, 0.3) is 0 Å². The topological polar surface area (TPSA) is 23.5 Å². The maximum atomic E-state index is 13.3. The average molecular weight is 251 g/mol. The molecule has 1 fully saturated rings. The Hall–Kier alpha value is -1.09. The summed E-state index contributed by atoms with van der Waals surface area (Å²) in [5, 5.41) is 9.82. The summed E-state index contributed by atoms with van der Waals surface area (Å²) < 4.78 is 13.3. The lowest BCUT2D eigenvalue weighted by atomic mass is 10.0. The fraction of sp³-hybridized carbons (Fsp3) is 0.600. The van der Waals surface area contributed by atoms with E-state index in [0.717, 1.165) is 18.7 Å². The number of hydrogen-bond acceptors (Lipinski definition) is 2. The first-order chi connectivity index (χ1) is 8.59. The van der Waals surface area contributed by atoms with E-state index in [1.165, 1.54) is 31.4 Å². The van der Waals surface area contributed by atoms with Crippen molar-refractivity contribution in [3.8, 4) is 0 Å². The zero-order valence-corrected chi connectivity index (χ0v) is 11.2. The quantitative estimate of drug-likeness (QED) is 0.867. The fourth-order valence-corrected chi connectivity index (χ4v) is 2.75. The zero-order valence-electron chi connectivity index (χ0n) is 11.2. The minimum atomic E-state index is -0.633. The molecule has 100 valence electrons. The molecule has 0 saturated carbocycles. The van der Waals surface area contributed by atoms with E-state index in [1.54, 1.807) is 13.0 Å². The monoisotopic (exact) mass is 251 g/mol. The Morgan fingerprint density at radius 1 is 1.33 bits per heavy atom. The minimum absolute atomic E-state index is 0.280. The second-order valence-corrected chi connectivity index (χ2v) is 5.27. The van der Waals surface area contributed by atoms with Crippen LogP contribution in [-0.2, 0) is 0 Å². The van der Waals surface area contributed by atoms with Crippen LogP contribution in [0.25, 0.3) is 0 Å². The SMILES string of the molecule is CC1CCCCCN1c1ccc(F)cc1[C@H](C)O. The predicted molar refractivity (Wildman–Crippen MR) is 72.3 cm³/mol. The van der Waals surface area contributed by atoms with Gasteiger partial charge < -0.3 is 10.0 Å². The zero-order chi connectivity index (χ0) is 13.1. The Balaban J connectivity index is 2.36. The Morgan fingerprint density at radius 3 is 2.83 bits per heavy atom. The maximum Gasteiger partial charge on any atom is 0.123 e. The molecule has 0 aliphatic carbocycles. The molecule has 2 rings (SSSR count). The molecule has 1 N–H and O–H groups in total. The summed E-state index contributed by atoms with van der Waals surface area (Å²) in [6.45, 7) is 4.90. The lowest BCUT2D eigenvalue weighted by Crippen LogP contribution is -2.33. The van der Waals surface area contributed by atoms with Crippen LogP contribution in [0.15, 0.2) is 18.2 Å². The fourth-order valence-electron chi connectivity index (χ4n) is 2.75. The molecule has 0 radical (unpaired) electrons. The van der Waals surface area contributed by atoms with Crippen LogP contribution in [-0.4, -0.2) is 17.7 Å². The molecule has 2 nitrogen and oxygen atoms in total. The van der Waals surface area contributed by atoms with E-state index in [9.17, 15) is 9.50 Å². The molecule has 1 unspecified atom stereocenters. The molecular formula is C15H22FNO. The molecule has 0 spiro atoms. The van der Waals surface area contributed by atoms with Gasteiger partial charge in [0.05, 0.1) is 6.10 Å². The number of hydrogen-bond donors (Lipinski definition) is 1. The van der Waals surface area contributed by atoms with Gasteiger partial charge in [0.2, 0.25) is 0 Å². The van der Waals surface area contributed by atoms with Crippen LogP contribution in [0.5, 0.6) is 0 Å². The predicted octanol–water partition coefficient (Wildman–Crippen LogP) is 3.65. The second kappa shape index (κ2) is 5.70. The maximum absolute atomic E-state index is 13.3. The molecule has 1 aliphatic rings. The third kappa shape index (κ3) is 2.83. The molecule has 1 aromatic carbocycles. The Bertz CT molecular complexity index is 405. The van der Waals surface area contributed by atoms with Crippen LogP contribution in [0, 0.1) is 5.82 Å². The van der Waals surface area contributed by atoms with Crippen molar-refractivity contribution < 1.29 is 9.50 Å². The van der Waals surface area contributed by atoms with Gasteiger partial charge in [-0.15, -0.1) is 0 Å². The number of anilines is 1. The van der Waals surface area contributed by atoms with Crippen molar-refractivity contribution in [2.45, 2.75) is 51.7 Å². The number of rotatable bonds is 2. The highest BCUT2D eigenvalue weighted by molar-refractivity contribution is 5.55. The van der Waals surface area contributed by atoms with Crippen molar-refractivity contribution in [3.05, 3.63) is 29.6 Å². The van der Waals surface area contributed by atoms with Gasteiger partial charge in [-0.2, -0.15) is 0 Å². The molecule has 1 aliphatic heterocycles. The van der Waals surface area contributed by atoms with E-state index in [0.29, 0.717) is 11.6 Å². The summed E-state index contributed by atoms with van der Waals surface area (Å²) in [6, 6.07) is 5.20. The first kappa shape index (κ1) is 13.3.